The van der Waals surface area contributed by atoms with Crippen LogP contribution in [0, 0.1) is 5.82 Å². The van der Waals surface area contributed by atoms with Gasteiger partial charge in [-0.25, -0.2) is 9.37 Å². The number of rotatable bonds is 2. The van der Waals surface area contributed by atoms with Gasteiger partial charge in [-0.3, -0.25) is 9.98 Å². The molecule has 1 aliphatic rings. The fourth-order valence-corrected chi connectivity index (χ4v) is 3.14. The molecular formula is C20H14F4N4. The number of allylic oxidation sites excluding steroid dienone is 1. The molecule has 0 unspecified atom stereocenters. The molecule has 142 valence electrons. The van der Waals surface area contributed by atoms with Gasteiger partial charge in [0, 0.05) is 29.6 Å². The zero-order valence-corrected chi connectivity index (χ0v) is 14.7. The van der Waals surface area contributed by atoms with Crippen LogP contribution in [-0.2, 0) is 6.18 Å². The van der Waals surface area contributed by atoms with Crippen molar-refractivity contribution < 1.29 is 17.6 Å². The normalized spacial score (nSPS) is 14.8. The van der Waals surface area contributed by atoms with Gasteiger partial charge in [0.25, 0.3) is 0 Å². The van der Waals surface area contributed by atoms with Gasteiger partial charge < -0.3 is 4.90 Å². The van der Waals surface area contributed by atoms with E-state index in [0.717, 1.165) is 12.3 Å². The lowest BCUT2D eigenvalue weighted by Gasteiger charge is -2.29. The molecule has 0 amide bonds. The van der Waals surface area contributed by atoms with E-state index in [1.807, 2.05) is 0 Å². The minimum atomic E-state index is -4.48. The standard InChI is InChI=1S/C20H14F4N4/c1-12-9-25-11-28(18-5-4-14(10-27-18)20(22,23)24)19(12)15-8-17-13(7-16(15)21)3-2-6-26-17/h2-10H,11H2,1H3. The first-order chi connectivity index (χ1) is 13.3. The summed E-state index contributed by atoms with van der Waals surface area (Å²) in [6.07, 6.45) is -0.490. The van der Waals surface area contributed by atoms with Gasteiger partial charge in [-0.2, -0.15) is 13.2 Å². The fraction of sp³-hybridized carbons (Fsp3) is 0.150. The number of aliphatic imine (C=N–C) groups is 1. The average Bonchev–Trinajstić information content (AvgIpc) is 2.67. The summed E-state index contributed by atoms with van der Waals surface area (Å²) >= 11 is 0. The molecule has 3 aromatic rings. The molecular weight excluding hydrogens is 372 g/mol. The van der Waals surface area contributed by atoms with Crippen LogP contribution in [0.2, 0.25) is 0 Å². The van der Waals surface area contributed by atoms with E-state index < -0.39 is 17.6 Å². The van der Waals surface area contributed by atoms with E-state index in [0.29, 0.717) is 22.2 Å². The van der Waals surface area contributed by atoms with Gasteiger partial charge in [-0.1, -0.05) is 6.07 Å². The Balaban J connectivity index is 1.82. The Morgan fingerprint density at radius 1 is 1.07 bits per heavy atom. The Bertz CT molecular complexity index is 1100. The van der Waals surface area contributed by atoms with Crippen molar-refractivity contribution in [3.05, 3.63) is 71.3 Å². The van der Waals surface area contributed by atoms with Crippen LogP contribution in [0.25, 0.3) is 16.6 Å². The Kier molecular flexibility index (Phi) is 4.33. The van der Waals surface area contributed by atoms with Crippen LogP contribution in [0.1, 0.15) is 18.1 Å². The second-order valence-electron chi connectivity index (χ2n) is 6.34. The molecule has 4 nitrogen and oxygen atoms in total. The highest BCUT2D eigenvalue weighted by Crippen LogP contribution is 2.34. The van der Waals surface area contributed by atoms with Gasteiger partial charge in [0.05, 0.1) is 16.8 Å². The van der Waals surface area contributed by atoms with E-state index in [1.165, 1.54) is 12.1 Å². The van der Waals surface area contributed by atoms with Gasteiger partial charge in [-0.05, 0) is 42.8 Å². The number of benzene rings is 1. The predicted octanol–water partition coefficient (Wildman–Crippen LogP) is 5.07. The molecule has 0 saturated heterocycles. The minimum Gasteiger partial charge on any atom is -0.305 e. The summed E-state index contributed by atoms with van der Waals surface area (Å²) in [5, 5.41) is 0.658. The van der Waals surface area contributed by atoms with Crippen LogP contribution in [0.15, 0.2) is 59.4 Å². The summed E-state index contributed by atoms with van der Waals surface area (Å²) in [6.45, 7) is 1.88. The Labute approximate surface area is 157 Å². The van der Waals surface area contributed by atoms with Crippen molar-refractivity contribution >= 4 is 28.6 Å². The summed E-state index contributed by atoms with van der Waals surface area (Å²) in [6, 6.07) is 8.70. The number of pyridine rings is 2. The second kappa shape index (κ2) is 6.70. The first-order valence-corrected chi connectivity index (χ1v) is 8.41. The molecule has 3 heterocycles. The average molecular weight is 386 g/mol. The quantitative estimate of drug-likeness (QED) is 0.578. The van der Waals surface area contributed by atoms with Gasteiger partial charge in [-0.15, -0.1) is 0 Å². The van der Waals surface area contributed by atoms with Crippen molar-refractivity contribution in [3.63, 3.8) is 0 Å². The van der Waals surface area contributed by atoms with Crippen LogP contribution in [0.4, 0.5) is 23.4 Å². The van der Waals surface area contributed by atoms with E-state index >= 15 is 0 Å². The maximum atomic E-state index is 14.9. The monoisotopic (exact) mass is 386 g/mol. The van der Waals surface area contributed by atoms with E-state index in [2.05, 4.69) is 15.0 Å². The molecule has 0 spiro atoms. The molecule has 0 fully saturated rings. The largest absolute Gasteiger partial charge is 0.417 e. The molecule has 0 saturated carbocycles. The van der Waals surface area contributed by atoms with Crippen LogP contribution in [-0.4, -0.2) is 22.9 Å². The molecule has 8 heteroatoms. The number of aromatic nitrogens is 2. The summed E-state index contributed by atoms with van der Waals surface area (Å²) in [5.74, 6) is -0.207. The molecule has 0 aliphatic carbocycles. The molecule has 0 radical (unpaired) electrons. The summed E-state index contributed by atoms with van der Waals surface area (Å²) in [4.78, 5) is 14.0. The Hall–Kier alpha value is -3.29. The van der Waals surface area contributed by atoms with E-state index in [4.69, 9.17) is 0 Å². The molecule has 4 rings (SSSR count). The second-order valence-corrected chi connectivity index (χ2v) is 6.34. The molecule has 0 N–H and O–H groups in total. The zero-order valence-electron chi connectivity index (χ0n) is 14.7. The maximum absolute atomic E-state index is 14.9. The molecule has 2 aromatic heterocycles. The van der Waals surface area contributed by atoms with Gasteiger partial charge in [0.2, 0.25) is 0 Å². The van der Waals surface area contributed by atoms with Gasteiger partial charge in [0.15, 0.2) is 0 Å². The van der Waals surface area contributed by atoms with Crippen molar-refractivity contribution in [1.82, 2.24) is 9.97 Å². The third kappa shape index (κ3) is 3.21. The lowest BCUT2D eigenvalue weighted by Crippen LogP contribution is -2.27. The Morgan fingerprint density at radius 2 is 1.89 bits per heavy atom. The molecule has 0 atom stereocenters. The molecule has 28 heavy (non-hydrogen) atoms. The number of hydrogen-bond donors (Lipinski definition) is 0. The number of alkyl halides is 3. The van der Waals surface area contributed by atoms with Crippen molar-refractivity contribution in [2.24, 2.45) is 4.99 Å². The maximum Gasteiger partial charge on any atom is 0.417 e. The highest BCUT2D eigenvalue weighted by molar-refractivity contribution is 5.98. The van der Waals surface area contributed by atoms with Crippen LogP contribution in [0.5, 0.6) is 0 Å². The smallest absolute Gasteiger partial charge is 0.305 e. The van der Waals surface area contributed by atoms with Crippen molar-refractivity contribution in [1.29, 1.82) is 0 Å². The molecule has 1 aliphatic heterocycles. The van der Waals surface area contributed by atoms with Gasteiger partial charge >= 0.3 is 6.18 Å². The number of nitrogens with zero attached hydrogens (tertiary/aromatic N) is 4. The lowest BCUT2D eigenvalue weighted by molar-refractivity contribution is -0.137. The summed E-state index contributed by atoms with van der Waals surface area (Å²) in [5.41, 5.74) is 1.22. The highest BCUT2D eigenvalue weighted by atomic mass is 19.4. The van der Waals surface area contributed by atoms with Crippen molar-refractivity contribution in [3.8, 4) is 0 Å². The SMILES string of the molecule is CC1=C(c2cc3ncccc3cc2F)N(c2ccc(C(F)(F)F)cn2)CN=C1. The van der Waals surface area contributed by atoms with Crippen LogP contribution < -0.4 is 4.90 Å². The summed E-state index contributed by atoms with van der Waals surface area (Å²) in [7, 11) is 0. The van der Waals surface area contributed by atoms with Gasteiger partial charge in [0.1, 0.15) is 18.3 Å². The van der Waals surface area contributed by atoms with E-state index in [9.17, 15) is 17.6 Å². The number of hydrogen-bond acceptors (Lipinski definition) is 4. The molecule has 1 aromatic carbocycles. The first-order valence-electron chi connectivity index (χ1n) is 8.41. The van der Waals surface area contributed by atoms with E-state index in [-0.39, 0.29) is 18.1 Å². The number of fused-ring (bicyclic) bond motifs is 1. The first kappa shape index (κ1) is 18.1. The number of anilines is 1. The minimum absolute atomic E-state index is 0.116. The topological polar surface area (TPSA) is 41.4 Å². The fourth-order valence-electron chi connectivity index (χ4n) is 3.14. The number of halogens is 4. The van der Waals surface area contributed by atoms with Crippen LogP contribution in [0.3, 0.4) is 0 Å². The predicted molar refractivity (Wildman–Crippen MR) is 99.4 cm³/mol. The zero-order chi connectivity index (χ0) is 19.9. The molecule has 0 bridgehead atoms. The van der Waals surface area contributed by atoms with Crippen molar-refractivity contribution in [2.75, 3.05) is 11.6 Å². The van der Waals surface area contributed by atoms with Crippen molar-refractivity contribution in [2.45, 2.75) is 13.1 Å². The third-order valence-electron chi connectivity index (χ3n) is 4.45. The summed E-state index contributed by atoms with van der Waals surface area (Å²) < 4.78 is 53.4. The Morgan fingerprint density at radius 3 is 2.61 bits per heavy atom. The highest BCUT2D eigenvalue weighted by Gasteiger charge is 2.31. The van der Waals surface area contributed by atoms with Crippen LogP contribution >= 0.6 is 0 Å². The van der Waals surface area contributed by atoms with E-state index in [1.54, 1.807) is 42.4 Å². The third-order valence-corrected chi connectivity index (χ3v) is 4.45. The lowest BCUT2D eigenvalue weighted by atomic mass is 10.0.